The van der Waals surface area contributed by atoms with Gasteiger partial charge in [-0.3, -0.25) is 9.59 Å². The number of para-hydroxylation sites is 1. The first-order chi connectivity index (χ1) is 11.0. The van der Waals surface area contributed by atoms with Gasteiger partial charge in [0.15, 0.2) is 23.0 Å². The summed E-state index contributed by atoms with van der Waals surface area (Å²) >= 11 is 0. The van der Waals surface area contributed by atoms with E-state index in [0.29, 0.717) is 11.1 Å². The zero-order chi connectivity index (χ0) is 16.6. The number of aromatic hydroxyl groups is 1. The van der Waals surface area contributed by atoms with Crippen LogP contribution in [0.2, 0.25) is 0 Å². The smallest absolute Gasteiger partial charge is 0.252 e. The van der Waals surface area contributed by atoms with Crippen LogP contribution in [0, 0.1) is 0 Å². The highest BCUT2D eigenvalue weighted by Crippen LogP contribution is 2.35. The summed E-state index contributed by atoms with van der Waals surface area (Å²) in [4.78, 5) is 23.8. The third kappa shape index (κ3) is 2.50. The molecule has 0 spiro atoms. The van der Waals surface area contributed by atoms with Crippen molar-refractivity contribution in [1.29, 1.82) is 0 Å². The van der Waals surface area contributed by atoms with E-state index in [0.717, 1.165) is 0 Å². The van der Waals surface area contributed by atoms with Crippen molar-refractivity contribution in [2.45, 2.75) is 0 Å². The minimum atomic E-state index is -0.665. The second kappa shape index (κ2) is 5.49. The first kappa shape index (κ1) is 14.6. The summed E-state index contributed by atoms with van der Waals surface area (Å²) < 4.78 is 10.5. The molecule has 0 atom stereocenters. The molecule has 3 rings (SSSR count). The van der Waals surface area contributed by atoms with Crippen LogP contribution in [-0.4, -0.2) is 23.9 Å². The molecule has 0 bridgehead atoms. The topological polar surface area (TPSA) is 98.9 Å². The molecule has 23 heavy (non-hydrogen) atoms. The highest BCUT2D eigenvalue weighted by Gasteiger charge is 2.30. The maximum atomic E-state index is 12.4. The predicted octanol–water partition coefficient (Wildman–Crippen LogP) is 2.12. The highest BCUT2D eigenvalue weighted by molar-refractivity contribution is 6.16. The number of amides is 1. The van der Waals surface area contributed by atoms with Crippen LogP contribution >= 0.6 is 0 Å². The summed E-state index contributed by atoms with van der Waals surface area (Å²) in [6.07, 6.45) is 1.51. The standard InChI is InChI=1S/C17H13NO5/c1-22-13-7-9(5-6-12(13)19)8-14-15(20)10-3-2-4-11(17(18)21)16(10)23-14/h2-8,19H,1H3,(H2,18,21)/b14-8-. The van der Waals surface area contributed by atoms with Gasteiger partial charge in [0.2, 0.25) is 5.78 Å². The highest BCUT2D eigenvalue weighted by atomic mass is 16.5. The van der Waals surface area contributed by atoms with Crippen LogP contribution in [0.25, 0.3) is 6.08 Å². The predicted molar refractivity (Wildman–Crippen MR) is 82.6 cm³/mol. The molecule has 0 aliphatic carbocycles. The van der Waals surface area contributed by atoms with Crippen molar-refractivity contribution in [3.8, 4) is 17.2 Å². The third-order valence-electron chi connectivity index (χ3n) is 3.46. The number of primary amides is 1. The number of rotatable bonds is 3. The van der Waals surface area contributed by atoms with Crippen molar-refractivity contribution in [3.63, 3.8) is 0 Å². The van der Waals surface area contributed by atoms with Crippen molar-refractivity contribution >= 4 is 17.8 Å². The molecule has 0 unspecified atom stereocenters. The van der Waals surface area contributed by atoms with E-state index in [1.807, 2.05) is 0 Å². The average molecular weight is 311 g/mol. The minimum Gasteiger partial charge on any atom is -0.504 e. The van der Waals surface area contributed by atoms with Gasteiger partial charge in [0, 0.05) is 0 Å². The summed E-state index contributed by atoms with van der Waals surface area (Å²) in [5.41, 5.74) is 6.34. The van der Waals surface area contributed by atoms with Gasteiger partial charge in [-0.15, -0.1) is 0 Å². The zero-order valence-electron chi connectivity index (χ0n) is 12.2. The van der Waals surface area contributed by atoms with Gasteiger partial charge < -0.3 is 20.3 Å². The Labute approximate surface area is 131 Å². The first-order valence-corrected chi connectivity index (χ1v) is 6.75. The van der Waals surface area contributed by atoms with E-state index in [1.165, 1.54) is 25.3 Å². The van der Waals surface area contributed by atoms with E-state index in [4.69, 9.17) is 15.2 Å². The van der Waals surface area contributed by atoms with Gasteiger partial charge >= 0.3 is 0 Å². The van der Waals surface area contributed by atoms with Crippen molar-refractivity contribution in [1.82, 2.24) is 0 Å². The molecule has 1 heterocycles. The number of allylic oxidation sites excluding steroid dienone is 1. The van der Waals surface area contributed by atoms with Gasteiger partial charge in [-0.2, -0.15) is 0 Å². The largest absolute Gasteiger partial charge is 0.504 e. The van der Waals surface area contributed by atoms with Crippen molar-refractivity contribution in [2.75, 3.05) is 7.11 Å². The molecule has 0 fully saturated rings. The summed E-state index contributed by atoms with van der Waals surface area (Å²) in [5, 5.41) is 9.59. The first-order valence-electron chi connectivity index (χ1n) is 6.75. The Morgan fingerprint density at radius 3 is 2.78 bits per heavy atom. The number of phenols is 1. The Bertz CT molecular complexity index is 854. The Balaban J connectivity index is 2.02. The van der Waals surface area contributed by atoms with E-state index in [9.17, 15) is 14.7 Å². The number of carbonyl (C=O) groups is 2. The second-order valence-electron chi connectivity index (χ2n) is 4.92. The second-order valence-corrected chi connectivity index (χ2v) is 4.92. The maximum absolute atomic E-state index is 12.4. The lowest BCUT2D eigenvalue weighted by Gasteiger charge is -2.05. The number of benzene rings is 2. The van der Waals surface area contributed by atoms with Crippen LogP contribution in [0.4, 0.5) is 0 Å². The monoisotopic (exact) mass is 311 g/mol. The fourth-order valence-electron chi connectivity index (χ4n) is 2.34. The molecule has 1 aliphatic rings. The average Bonchev–Trinajstić information content (AvgIpc) is 2.85. The number of carbonyl (C=O) groups excluding carboxylic acids is 2. The number of ketones is 1. The Morgan fingerprint density at radius 2 is 2.09 bits per heavy atom. The number of nitrogens with two attached hydrogens (primary N) is 1. The summed E-state index contributed by atoms with van der Waals surface area (Å²) in [6, 6.07) is 9.28. The lowest BCUT2D eigenvalue weighted by atomic mass is 10.1. The van der Waals surface area contributed by atoms with Crippen LogP contribution in [0.3, 0.4) is 0 Å². The molecule has 6 nitrogen and oxygen atoms in total. The number of Topliss-reactive ketones (excluding diaryl/α,β-unsaturated/α-hetero) is 1. The Hall–Kier alpha value is -3.28. The van der Waals surface area contributed by atoms with E-state index in [1.54, 1.807) is 24.3 Å². The fraction of sp³-hybridized carbons (Fsp3) is 0.0588. The van der Waals surface area contributed by atoms with Gasteiger partial charge in [-0.25, -0.2) is 0 Å². The molecular formula is C17H13NO5. The molecule has 0 saturated heterocycles. The van der Waals surface area contributed by atoms with Gasteiger partial charge in [-0.1, -0.05) is 12.1 Å². The van der Waals surface area contributed by atoms with Crippen LogP contribution in [0.5, 0.6) is 17.2 Å². The van der Waals surface area contributed by atoms with Crippen LogP contribution in [0.15, 0.2) is 42.2 Å². The summed E-state index contributed by atoms with van der Waals surface area (Å²) in [7, 11) is 1.43. The number of hydrogen-bond acceptors (Lipinski definition) is 5. The van der Waals surface area contributed by atoms with Gasteiger partial charge in [0.05, 0.1) is 18.2 Å². The summed E-state index contributed by atoms with van der Waals surface area (Å²) in [5.74, 6) is -0.492. The van der Waals surface area contributed by atoms with Crippen LogP contribution in [-0.2, 0) is 0 Å². The van der Waals surface area contributed by atoms with Gasteiger partial charge in [-0.05, 0) is 35.9 Å². The SMILES string of the molecule is COc1cc(/C=C2\Oc3c(C(N)=O)cccc3C2=O)ccc1O. The molecule has 0 saturated carbocycles. The minimum absolute atomic E-state index is 0.00684. The van der Waals surface area contributed by atoms with E-state index in [2.05, 4.69) is 0 Å². The number of phenolic OH excluding ortho intramolecular Hbond substituents is 1. The quantitative estimate of drug-likeness (QED) is 0.846. The lowest BCUT2D eigenvalue weighted by molar-refractivity contribution is 0.0991. The molecular weight excluding hydrogens is 298 g/mol. The molecule has 0 aromatic heterocycles. The molecule has 3 N–H and O–H groups in total. The van der Waals surface area contributed by atoms with Crippen molar-refractivity contribution in [2.24, 2.45) is 5.73 Å². The number of methoxy groups -OCH3 is 1. The zero-order valence-corrected chi connectivity index (χ0v) is 12.2. The molecule has 0 radical (unpaired) electrons. The molecule has 1 amide bonds. The van der Waals surface area contributed by atoms with Gasteiger partial charge in [0.1, 0.15) is 0 Å². The summed E-state index contributed by atoms with van der Waals surface area (Å²) in [6.45, 7) is 0. The van der Waals surface area contributed by atoms with E-state index >= 15 is 0 Å². The third-order valence-corrected chi connectivity index (χ3v) is 3.46. The number of ether oxygens (including phenoxy) is 2. The van der Waals surface area contributed by atoms with E-state index < -0.39 is 5.91 Å². The fourth-order valence-corrected chi connectivity index (χ4v) is 2.34. The number of hydrogen-bond donors (Lipinski definition) is 2. The molecule has 6 heteroatoms. The molecule has 2 aromatic carbocycles. The van der Waals surface area contributed by atoms with Crippen molar-refractivity contribution < 1.29 is 24.2 Å². The van der Waals surface area contributed by atoms with E-state index in [-0.39, 0.29) is 34.4 Å². The number of fused-ring (bicyclic) bond motifs is 1. The maximum Gasteiger partial charge on any atom is 0.252 e. The Kier molecular flexibility index (Phi) is 3.50. The van der Waals surface area contributed by atoms with Crippen LogP contribution < -0.4 is 15.2 Å². The Morgan fingerprint density at radius 1 is 1.30 bits per heavy atom. The van der Waals surface area contributed by atoms with Crippen molar-refractivity contribution in [3.05, 3.63) is 58.8 Å². The van der Waals surface area contributed by atoms with Crippen LogP contribution in [0.1, 0.15) is 26.3 Å². The molecule has 116 valence electrons. The molecule has 1 aliphatic heterocycles. The lowest BCUT2D eigenvalue weighted by Crippen LogP contribution is -2.11. The molecule has 2 aromatic rings. The van der Waals surface area contributed by atoms with Gasteiger partial charge in [0.25, 0.3) is 5.91 Å². The normalized spacial score (nSPS) is 14.5.